The summed E-state index contributed by atoms with van der Waals surface area (Å²) in [5.41, 5.74) is 6.88. The van der Waals surface area contributed by atoms with Crippen LogP contribution in [0.3, 0.4) is 0 Å². The molecule has 0 radical (unpaired) electrons. The van der Waals surface area contributed by atoms with E-state index >= 15 is 0 Å². The molecule has 0 aromatic heterocycles. The molecule has 0 aliphatic carbocycles. The van der Waals surface area contributed by atoms with Gasteiger partial charge in [0.25, 0.3) is 5.91 Å². The van der Waals surface area contributed by atoms with E-state index < -0.39 is 23.2 Å². The number of thioether (sulfide) groups is 1. The van der Waals surface area contributed by atoms with Gasteiger partial charge in [0.15, 0.2) is 0 Å². The lowest BCUT2D eigenvalue weighted by Crippen LogP contribution is -2.55. The van der Waals surface area contributed by atoms with Crippen LogP contribution >= 0.6 is 35.0 Å². The fourth-order valence-electron chi connectivity index (χ4n) is 6.35. The van der Waals surface area contributed by atoms with E-state index in [1.807, 2.05) is 43.4 Å². The number of carbonyl (C=O) groups excluding carboxylic acids is 1. The number of hydrogen-bond acceptors (Lipinski definition) is 6. The molecule has 0 spiro atoms. The molecule has 2 heterocycles. The highest BCUT2D eigenvalue weighted by Crippen LogP contribution is 2.39. The van der Waals surface area contributed by atoms with E-state index in [9.17, 15) is 18.0 Å². The van der Waals surface area contributed by atoms with Gasteiger partial charge in [-0.2, -0.15) is 13.2 Å². The van der Waals surface area contributed by atoms with Crippen molar-refractivity contribution in [2.24, 2.45) is 5.73 Å². The number of piperidine rings is 2. The van der Waals surface area contributed by atoms with E-state index in [4.69, 9.17) is 33.7 Å². The molecule has 2 aliphatic rings. The lowest BCUT2D eigenvalue weighted by molar-refractivity contribution is -0.137. The highest BCUT2D eigenvalue weighted by molar-refractivity contribution is 7.98. The van der Waals surface area contributed by atoms with Crippen LogP contribution < -0.4 is 15.8 Å². The van der Waals surface area contributed by atoms with Gasteiger partial charge in [0.1, 0.15) is 5.75 Å². The SMILES string of the molecule is CN1CCCC(N)(c2ccc(Cl)cc2)C1.COc1cc(C(F)(F)F)cc(SC)c1C(=O)NC1(c2ccc(Cl)cc2)CCCN(C)C1. The highest BCUT2D eigenvalue weighted by Gasteiger charge is 2.40. The third kappa shape index (κ3) is 8.70. The van der Waals surface area contributed by atoms with Crippen LogP contribution in [0.2, 0.25) is 10.0 Å². The van der Waals surface area contributed by atoms with Gasteiger partial charge >= 0.3 is 6.18 Å². The number of nitrogens with zero attached hydrogens (tertiary/aromatic N) is 2. The highest BCUT2D eigenvalue weighted by atomic mass is 35.5. The normalized spacial score (nSPS) is 22.5. The van der Waals surface area contributed by atoms with Crippen LogP contribution in [-0.2, 0) is 17.3 Å². The van der Waals surface area contributed by atoms with Crippen molar-refractivity contribution in [2.45, 2.75) is 47.8 Å². The second-order valence-corrected chi connectivity index (χ2v) is 13.9. The molecule has 3 aromatic carbocycles. The van der Waals surface area contributed by atoms with Crippen molar-refractivity contribution in [3.05, 3.63) is 93.0 Å². The van der Waals surface area contributed by atoms with Crippen LogP contribution in [0.4, 0.5) is 13.2 Å². The molecule has 2 atom stereocenters. The van der Waals surface area contributed by atoms with Crippen LogP contribution in [-0.4, -0.2) is 69.3 Å². The number of alkyl halides is 3. The number of amides is 1. The molecule has 2 aliphatic heterocycles. The van der Waals surface area contributed by atoms with Crippen molar-refractivity contribution in [3.8, 4) is 5.75 Å². The Morgan fingerprint density at radius 2 is 1.46 bits per heavy atom. The molecule has 2 unspecified atom stereocenters. The fraction of sp³-hybridized carbons (Fsp3) is 0.441. The average molecular weight is 698 g/mol. The minimum absolute atomic E-state index is 0.101. The lowest BCUT2D eigenvalue weighted by Gasteiger charge is -2.42. The summed E-state index contributed by atoms with van der Waals surface area (Å²) in [7, 11) is 5.36. The Morgan fingerprint density at radius 3 is 1.96 bits per heavy atom. The molecule has 0 saturated carbocycles. The van der Waals surface area contributed by atoms with Crippen molar-refractivity contribution in [2.75, 3.05) is 53.6 Å². The molecule has 250 valence electrons. The van der Waals surface area contributed by atoms with Crippen molar-refractivity contribution in [1.29, 1.82) is 0 Å². The average Bonchev–Trinajstić information content (AvgIpc) is 3.00. The van der Waals surface area contributed by atoms with Gasteiger partial charge < -0.3 is 25.6 Å². The van der Waals surface area contributed by atoms with Gasteiger partial charge in [-0.15, -0.1) is 11.8 Å². The van der Waals surface area contributed by atoms with E-state index in [2.05, 4.69) is 22.2 Å². The molecular formula is C34H41Cl2F3N4O2S. The summed E-state index contributed by atoms with van der Waals surface area (Å²) in [6.45, 7) is 3.53. The van der Waals surface area contributed by atoms with E-state index in [-0.39, 0.29) is 21.7 Å². The Balaban J connectivity index is 0.000000266. The van der Waals surface area contributed by atoms with Gasteiger partial charge in [0.2, 0.25) is 0 Å². The number of nitrogens with one attached hydrogen (secondary N) is 1. The molecule has 5 rings (SSSR count). The number of ether oxygens (including phenoxy) is 1. The number of carbonyl (C=O) groups is 1. The monoisotopic (exact) mass is 696 g/mol. The molecule has 12 heteroatoms. The summed E-state index contributed by atoms with van der Waals surface area (Å²) in [5.74, 6) is -0.577. The maximum Gasteiger partial charge on any atom is 0.416 e. The first-order valence-electron chi connectivity index (χ1n) is 15.0. The molecule has 46 heavy (non-hydrogen) atoms. The second-order valence-electron chi connectivity index (χ2n) is 12.1. The third-order valence-electron chi connectivity index (χ3n) is 8.63. The van der Waals surface area contributed by atoms with Gasteiger partial charge in [-0.3, -0.25) is 4.79 Å². The van der Waals surface area contributed by atoms with Gasteiger partial charge in [-0.05, 0) is 107 Å². The minimum Gasteiger partial charge on any atom is -0.496 e. The van der Waals surface area contributed by atoms with Gasteiger partial charge in [0, 0.05) is 28.0 Å². The summed E-state index contributed by atoms with van der Waals surface area (Å²) >= 11 is 13.0. The topological polar surface area (TPSA) is 70.8 Å². The maximum absolute atomic E-state index is 13.5. The number of benzene rings is 3. The number of likely N-dealkylation sites (N-methyl/N-ethyl adjacent to an activating group) is 2. The fourth-order valence-corrected chi connectivity index (χ4v) is 7.24. The Bertz CT molecular complexity index is 1470. The smallest absolute Gasteiger partial charge is 0.416 e. The molecule has 2 fully saturated rings. The number of likely N-dealkylation sites (tertiary alicyclic amines) is 2. The number of rotatable bonds is 6. The first-order valence-corrected chi connectivity index (χ1v) is 17.0. The van der Waals surface area contributed by atoms with Crippen molar-refractivity contribution < 1.29 is 22.7 Å². The Labute approximate surface area is 283 Å². The molecule has 6 nitrogen and oxygen atoms in total. The van der Waals surface area contributed by atoms with E-state index in [1.165, 1.54) is 12.7 Å². The quantitative estimate of drug-likeness (QED) is 0.258. The summed E-state index contributed by atoms with van der Waals surface area (Å²) < 4.78 is 45.1. The molecule has 0 bridgehead atoms. The number of halogens is 5. The maximum atomic E-state index is 13.5. The Hall–Kier alpha value is -2.47. The van der Waals surface area contributed by atoms with Crippen LogP contribution in [0.25, 0.3) is 0 Å². The summed E-state index contributed by atoms with van der Waals surface area (Å²) in [5, 5.41) is 4.48. The lowest BCUT2D eigenvalue weighted by atomic mass is 9.82. The summed E-state index contributed by atoms with van der Waals surface area (Å²) in [6.07, 6.45) is 0.869. The zero-order valence-corrected chi connectivity index (χ0v) is 28.8. The van der Waals surface area contributed by atoms with E-state index in [0.717, 1.165) is 73.4 Å². The van der Waals surface area contributed by atoms with Crippen LogP contribution in [0.5, 0.6) is 5.75 Å². The van der Waals surface area contributed by atoms with Crippen LogP contribution in [0, 0.1) is 0 Å². The van der Waals surface area contributed by atoms with Crippen LogP contribution in [0.15, 0.2) is 65.6 Å². The first kappa shape index (κ1) is 36.4. The number of methoxy groups -OCH3 is 1. The van der Waals surface area contributed by atoms with Crippen LogP contribution in [0.1, 0.15) is 52.7 Å². The standard InChI is InChI=1S/C22H24ClF3N2O2S.C12H17ClN2/c1-28-10-4-9-21(13-28,14-5-7-16(23)8-6-14)27-20(29)19-17(30-2)11-15(22(24,25)26)12-18(19)31-3;1-15-8-2-7-12(14,9-15)10-3-5-11(13)6-4-10/h5-8,11-12H,4,9-10,13H2,1-3H3,(H,27,29);3-6H,2,7-9,14H2,1H3. The van der Waals surface area contributed by atoms with E-state index in [0.29, 0.717) is 18.0 Å². The number of hydrogen-bond donors (Lipinski definition) is 2. The first-order chi connectivity index (χ1) is 21.7. The summed E-state index contributed by atoms with van der Waals surface area (Å²) in [4.78, 5) is 18.1. The largest absolute Gasteiger partial charge is 0.496 e. The van der Waals surface area contributed by atoms with Gasteiger partial charge in [-0.1, -0.05) is 47.5 Å². The zero-order valence-electron chi connectivity index (χ0n) is 26.5. The second kappa shape index (κ2) is 15.2. The van der Waals surface area contributed by atoms with Crippen molar-refractivity contribution in [1.82, 2.24) is 15.1 Å². The molecule has 2 saturated heterocycles. The molecular weight excluding hydrogens is 656 g/mol. The predicted molar refractivity (Wildman–Crippen MR) is 181 cm³/mol. The molecule has 3 aromatic rings. The Kier molecular flexibility index (Phi) is 12.0. The minimum atomic E-state index is -4.54. The van der Waals surface area contributed by atoms with Gasteiger partial charge in [0.05, 0.1) is 29.3 Å². The van der Waals surface area contributed by atoms with Gasteiger partial charge in [-0.25, -0.2) is 0 Å². The summed E-state index contributed by atoms with van der Waals surface area (Å²) in [6, 6.07) is 17.1. The number of nitrogens with two attached hydrogens (primary N) is 1. The predicted octanol–water partition coefficient (Wildman–Crippen LogP) is 7.66. The van der Waals surface area contributed by atoms with E-state index in [1.54, 1.807) is 18.4 Å². The third-order valence-corrected chi connectivity index (χ3v) is 9.89. The van der Waals surface area contributed by atoms with Crippen molar-refractivity contribution >= 4 is 40.9 Å². The van der Waals surface area contributed by atoms with Crippen molar-refractivity contribution in [3.63, 3.8) is 0 Å². The zero-order chi connectivity index (χ0) is 33.7. The molecule has 1 amide bonds. The molecule has 3 N–H and O–H groups in total. The Morgan fingerprint density at radius 1 is 0.913 bits per heavy atom.